The van der Waals surface area contributed by atoms with Gasteiger partial charge in [0.1, 0.15) is 5.82 Å². The first-order chi connectivity index (χ1) is 8.63. The molecule has 2 nitrogen and oxygen atoms in total. The van der Waals surface area contributed by atoms with Gasteiger partial charge in [0.05, 0.1) is 11.1 Å². The van der Waals surface area contributed by atoms with Crippen molar-refractivity contribution < 1.29 is 4.39 Å². The number of nitrogens with two attached hydrogens (primary N) is 1. The van der Waals surface area contributed by atoms with E-state index in [2.05, 4.69) is 5.43 Å². The number of hydrazine groups is 1. The highest BCUT2D eigenvalue weighted by Crippen LogP contribution is 2.28. The van der Waals surface area contributed by atoms with Crippen LogP contribution in [0.1, 0.15) is 17.2 Å². The first-order valence-electron chi connectivity index (χ1n) is 5.29. The first-order valence-corrected chi connectivity index (χ1v) is 6.04. The summed E-state index contributed by atoms with van der Waals surface area (Å²) in [5, 5.41) is 0.683. The van der Waals surface area contributed by atoms with Crippen LogP contribution in [0.4, 0.5) is 4.39 Å². The van der Waals surface area contributed by atoms with Gasteiger partial charge >= 0.3 is 0 Å². The third-order valence-corrected chi connectivity index (χ3v) is 3.21. The molecule has 1 atom stereocenters. The van der Waals surface area contributed by atoms with Crippen LogP contribution < -0.4 is 11.3 Å². The van der Waals surface area contributed by atoms with Crippen molar-refractivity contribution >= 4 is 23.2 Å². The Bertz CT molecular complexity index is 543. The summed E-state index contributed by atoms with van der Waals surface area (Å²) in [5.74, 6) is 5.03. The molecule has 0 aliphatic carbocycles. The first kappa shape index (κ1) is 13.3. The van der Waals surface area contributed by atoms with E-state index in [1.165, 1.54) is 6.07 Å². The highest BCUT2D eigenvalue weighted by atomic mass is 35.5. The fraction of sp³-hybridized carbons (Fsp3) is 0.0769. The average Bonchev–Trinajstić information content (AvgIpc) is 2.37. The van der Waals surface area contributed by atoms with E-state index in [-0.39, 0.29) is 5.02 Å². The van der Waals surface area contributed by atoms with Crippen LogP contribution in [0.5, 0.6) is 0 Å². The molecule has 0 saturated carbocycles. The number of rotatable bonds is 3. The molecule has 0 saturated heterocycles. The summed E-state index contributed by atoms with van der Waals surface area (Å²) in [6, 6.07) is 11.4. The number of hydrogen-bond acceptors (Lipinski definition) is 2. The van der Waals surface area contributed by atoms with Crippen LogP contribution in [0.3, 0.4) is 0 Å². The maximum Gasteiger partial charge on any atom is 0.146 e. The molecule has 0 heterocycles. The molecule has 0 radical (unpaired) electrons. The predicted octanol–water partition coefficient (Wildman–Crippen LogP) is 3.69. The third kappa shape index (κ3) is 2.65. The minimum atomic E-state index is -0.475. The molecule has 0 aromatic heterocycles. The maximum absolute atomic E-state index is 14.0. The zero-order valence-corrected chi connectivity index (χ0v) is 10.8. The summed E-state index contributed by atoms with van der Waals surface area (Å²) in [6.07, 6.45) is 0. The SMILES string of the molecule is NNC(c1ccc(Cl)cc1)c1cccc(Cl)c1F. The molecule has 1 unspecified atom stereocenters. The van der Waals surface area contributed by atoms with Gasteiger partial charge in [-0.05, 0) is 23.8 Å². The lowest BCUT2D eigenvalue weighted by molar-refractivity contribution is 0.560. The van der Waals surface area contributed by atoms with Crippen molar-refractivity contribution in [3.8, 4) is 0 Å². The van der Waals surface area contributed by atoms with E-state index in [4.69, 9.17) is 29.0 Å². The van der Waals surface area contributed by atoms with Crippen LogP contribution in [0.15, 0.2) is 42.5 Å². The Morgan fingerprint density at radius 1 is 1.06 bits per heavy atom. The van der Waals surface area contributed by atoms with Crippen molar-refractivity contribution in [2.24, 2.45) is 5.84 Å². The van der Waals surface area contributed by atoms with Gasteiger partial charge in [-0.15, -0.1) is 0 Å². The van der Waals surface area contributed by atoms with Crippen LogP contribution in [0.25, 0.3) is 0 Å². The molecular weight excluding hydrogens is 274 g/mol. The van der Waals surface area contributed by atoms with Gasteiger partial charge in [0.2, 0.25) is 0 Å². The van der Waals surface area contributed by atoms with Gasteiger partial charge in [-0.1, -0.05) is 47.5 Å². The van der Waals surface area contributed by atoms with Crippen LogP contribution in [-0.2, 0) is 0 Å². The minimum Gasteiger partial charge on any atom is -0.271 e. The fourth-order valence-corrected chi connectivity index (χ4v) is 2.07. The quantitative estimate of drug-likeness (QED) is 0.666. The van der Waals surface area contributed by atoms with Crippen molar-refractivity contribution in [2.75, 3.05) is 0 Å². The molecular formula is C13H11Cl2FN2. The van der Waals surface area contributed by atoms with E-state index >= 15 is 0 Å². The molecule has 2 rings (SSSR count). The lowest BCUT2D eigenvalue weighted by Crippen LogP contribution is -2.29. The summed E-state index contributed by atoms with van der Waals surface area (Å²) < 4.78 is 14.0. The van der Waals surface area contributed by atoms with Crippen molar-refractivity contribution in [3.05, 3.63) is 69.5 Å². The zero-order chi connectivity index (χ0) is 13.1. The van der Waals surface area contributed by atoms with Crippen molar-refractivity contribution in [2.45, 2.75) is 6.04 Å². The second-order valence-electron chi connectivity index (χ2n) is 3.79. The Hall–Kier alpha value is -1.13. The third-order valence-electron chi connectivity index (χ3n) is 2.66. The van der Waals surface area contributed by atoms with Crippen LogP contribution in [0.2, 0.25) is 10.0 Å². The average molecular weight is 285 g/mol. The van der Waals surface area contributed by atoms with Gasteiger partial charge in [0.25, 0.3) is 0 Å². The summed E-state index contributed by atoms with van der Waals surface area (Å²) in [7, 11) is 0. The number of benzene rings is 2. The lowest BCUT2D eigenvalue weighted by atomic mass is 9.99. The molecule has 0 bridgehead atoms. The van der Waals surface area contributed by atoms with Crippen molar-refractivity contribution in [1.82, 2.24) is 5.43 Å². The second-order valence-corrected chi connectivity index (χ2v) is 4.64. The largest absolute Gasteiger partial charge is 0.271 e. The van der Waals surface area contributed by atoms with Gasteiger partial charge in [0.15, 0.2) is 0 Å². The maximum atomic E-state index is 14.0. The Morgan fingerprint density at radius 3 is 2.33 bits per heavy atom. The molecule has 18 heavy (non-hydrogen) atoms. The highest BCUT2D eigenvalue weighted by Gasteiger charge is 2.17. The Morgan fingerprint density at radius 2 is 1.72 bits per heavy atom. The predicted molar refractivity (Wildman–Crippen MR) is 72.0 cm³/mol. The molecule has 0 aliphatic heterocycles. The molecule has 94 valence electrons. The number of hydrogen-bond donors (Lipinski definition) is 2. The molecule has 0 spiro atoms. The standard InChI is InChI=1S/C13H11Cl2FN2/c14-9-6-4-8(5-7-9)13(18-17)10-2-1-3-11(15)12(10)16/h1-7,13,18H,17H2. The van der Waals surface area contributed by atoms with Crippen molar-refractivity contribution in [1.29, 1.82) is 0 Å². The Balaban J connectivity index is 2.45. The summed E-state index contributed by atoms with van der Waals surface area (Å²) >= 11 is 11.6. The smallest absolute Gasteiger partial charge is 0.146 e. The summed E-state index contributed by atoms with van der Waals surface area (Å²) in [4.78, 5) is 0. The topological polar surface area (TPSA) is 38.0 Å². The second kappa shape index (κ2) is 5.67. The van der Waals surface area contributed by atoms with E-state index < -0.39 is 11.9 Å². The normalized spacial score (nSPS) is 12.4. The van der Waals surface area contributed by atoms with Crippen LogP contribution in [-0.4, -0.2) is 0 Å². The fourth-order valence-electron chi connectivity index (χ4n) is 1.76. The number of halogens is 3. The van der Waals surface area contributed by atoms with Gasteiger partial charge in [-0.3, -0.25) is 5.84 Å². The van der Waals surface area contributed by atoms with E-state index in [0.29, 0.717) is 10.6 Å². The monoisotopic (exact) mass is 284 g/mol. The molecule has 2 aromatic carbocycles. The molecule has 5 heteroatoms. The molecule has 3 N–H and O–H groups in total. The summed E-state index contributed by atoms with van der Waals surface area (Å²) in [5.41, 5.74) is 3.78. The van der Waals surface area contributed by atoms with E-state index in [9.17, 15) is 4.39 Å². The van der Waals surface area contributed by atoms with Gasteiger partial charge in [0, 0.05) is 10.6 Å². The Labute approximate surface area is 114 Å². The van der Waals surface area contributed by atoms with E-state index in [1.807, 2.05) is 0 Å². The van der Waals surface area contributed by atoms with Gasteiger partial charge in [-0.2, -0.15) is 0 Å². The van der Waals surface area contributed by atoms with Crippen LogP contribution >= 0.6 is 23.2 Å². The summed E-state index contributed by atoms with van der Waals surface area (Å²) in [6.45, 7) is 0. The highest BCUT2D eigenvalue weighted by molar-refractivity contribution is 6.31. The number of nitrogens with one attached hydrogen (secondary N) is 1. The molecule has 0 amide bonds. The molecule has 2 aromatic rings. The van der Waals surface area contributed by atoms with Crippen molar-refractivity contribution in [3.63, 3.8) is 0 Å². The van der Waals surface area contributed by atoms with Crippen LogP contribution in [0, 0.1) is 5.82 Å². The van der Waals surface area contributed by atoms with E-state index in [0.717, 1.165) is 5.56 Å². The van der Waals surface area contributed by atoms with E-state index in [1.54, 1.807) is 36.4 Å². The van der Waals surface area contributed by atoms with Gasteiger partial charge in [-0.25, -0.2) is 9.82 Å². The minimum absolute atomic E-state index is 0.0710. The lowest BCUT2D eigenvalue weighted by Gasteiger charge is -2.18. The molecule has 0 aliphatic rings. The van der Waals surface area contributed by atoms with Gasteiger partial charge < -0.3 is 0 Å². The molecule has 0 fully saturated rings. The zero-order valence-electron chi connectivity index (χ0n) is 9.33. The Kier molecular flexibility index (Phi) is 4.19.